The van der Waals surface area contributed by atoms with E-state index >= 15 is 0 Å². The summed E-state index contributed by atoms with van der Waals surface area (Å²) in [5.74, 6) is -6.10. The number of nitrogens with two attached hydrogens (primary N) is 5. The molecule has 0 aliphatic rings. The number of aliphatic imine (C=N–C) groups is 1. The molecule has 226 valence electrons. The molecule has 4 atom stereocenters. The van der Waals surface area contributed by atoms with Crippen LogP contribution >= 0.6 is 0 Å². The average Bonchev–Trinajstić information content (AvgIpc) is 2.88. The van der Waals surface area contributed by atoms with Crippen LogP contribution < -0.4 is 44.6 Å². The molecule has 1 aromatic rings. The molecule has 0 spiro atoms. The average molecular weight is 580 g/mol. The Morgan fingerprint density at radius 2 is 1.34 bits per heavy atom. The molecule has 0 radical (unpaired) electrons. The number of guanidine groups is 1. The van der Waals surface area contributed by atoms with E-state index in [1.807, 2.05) is 0 Å². The van der Waals surface area contributed by atoms with Gasteiger partial charge in [0.2, 0.25) is 29.5 Å². The maximum Gasteiger partial charge on any atom is 0.326 e. The molecule has 0 heterocycles. The van der Waals surface area contributed by atoms with E-state index in [-0.39, 0.29) is 50.4 Å². The van der Waals surface area contributed by atoms with Gasteiger partial charge in [-0.05, 0) is 43.4 Å². The molecule has 0 aliphatic heterocycles. The number of hydrogen-bond acceptors (Lipinski definition) is 9. The largest absolute Gasteiger partial charge is 0.508 e. The molecule has 17 heteroatoms. The summed E-state index contributed by atoms with van der Waals surface area (Å²) < 4.78 is 0. The number of nitrogens with zero attached hydrogens (tertiary/aromatic N) is 1. The highest BCUT2D eigenvalue weighted by Gasteiger charge is 2.31. The number of carboxylic acids is 1. The molecule has 1 aromatic carbocycles. The first kappa shape index (κ1) is 34.1. The molecule has 0 aliphatic carbocycles. The normalized spacial score (nSPS) is 13.5. The molecular weight excluding hydrogens is 542 g/mol. The van der Waals surface area contributed by atoms with Crippen LogP contribution in [-0.2, 0) is 35.2 Å². The van der Waals surface area contributed by atoms with Gasteiger partial charge < -0.3 is 54.8 Å². The van der Waals surface area contributed by atoms with Crippen molar-refractivity contribution in [3.63, 3.8) is 0 Å². The van der Waals surface area contributed by atoms with Crippen LogP contribution in [0.15, 0.2) is 29.3 Å². The zero-order valence-corrected chi connectivity index (χ0v) is 22.2. The zero-order chi connectivity index (χ0) is 31.1. The minimum absolute atomic E-state index is 0.0186. The minimum atomic E-state index is -1.61. The molecular formula is C24H37N9O8. The van der Waals surface area contributed by atoms with E-state index < -0.39 is 66.1 Å². The number of aromatic hydroxyl groups is 1. The zero-order valence-electron chi connectivity index (χ0n) is 22.2. The van der Waals surface area contributed by atoms with Crippen LogP contribution in [0.5, 0.6) is 5.75 Å². The minimum Gasteiger partial charge on any atom is -0.508 e. The van der Waals surface area contributed by atoms with Gasteiger partial charge in [0.15, 0.2) is 5.96 Å². The lowest BCUT2D eigenvalue weighted by Gasteiger charge is -2.24. The Morgan fingerprint density at radius 3 is 1.88 bits per heavy atom. The smallest absolute Gasteiger partial charge is 0.326 e. The molecule has 0 bridgehead atoms. The van der Waals surface area contributed by atoms with E-state index in [4.69, 9.17) is 28.7 Å². The number of phenolic OH excluding ortho intramolecular Hbond substituents is 1. The predicted octanol–water partition coefficient (Wildman–Crippen LogP) is -4.00. The number of carboxylic acid groups (broad SMARTS) is 1. The molecule has 0 aromatic heterocycles. The van der Waals surface area contributed by atoms with Crippen molar-refractivity contribution in [2.24, 2.45) is 33.7 Å². The third-order valence-electron chi connectivity index (χ3n) is 5.64. The van der Waals surface area contributed by atoms with Crippen molar-refractivity contribution in [1.82, 2.24) is 16.0 Å². The number of carbonyl (C=O) groups is 6. The number of amides is 5. The summed E-state index contributed by atoms with van der Waals surface area (Å²) in [4.78, 5) is 77.0. The second kappa shape index (κ2) is 16.9. The Bertz CT molecular complexity index is 1120. The van der Waals surface area contributed by atoms with Gasteiger partial charge in [0, 0.05) is 13.0 Å². The maximum atomic E-state index is 13.1. The molecule has 0 saturated carbocycles. The molecule has 15 N–H and O–H groups in total. The highest BCUT2D eigenvalue weighted by Crippen LogP contribution is 2.11. The summed E-state index contributed by atoms with van der Waals surface area (Å²) >= 11 is 0. The van der Waals surface area contributed by atoms with E-state index in [9.17, 15) is 39.0 Å². The monoisotopic (exact) mass is 579 g/mol. The molecule has 41 heavy (non-hydrogen) atoms. The van der Waals surface area contributed by atoms with Gasteiger partial charge >= 0.3 is 5.97 Å². The van der Waals surface area contributed by atoms with Gasteiger partial charge in [-0.3, -0.25) is 29.0 Å². The molecule has 0 saturated heterocycles. The lowest BCUT2D eigenvalue weighted by molar-refractivity contribution is -0.142. The van der Waals surface area contributed by atoms with E-state index in [2.05, 4.69) is 20.9 Å². The highest BCUT2D eigenvalue weighted by atomic mass is 16.4. The molecule has 4 unspecified atom stereocenters. The number of carbonyl (C=O) groups excluding carboxylic acids is 5. The van der Waals surface area contributed by atoms with E-state index in [0.717, 1.165) is 0 Å². The fourth-order valence-electron chi connectivity index (χ4n) is 3.53. The van der Waals surface area contributed by atoms with Gasteiger partial charge in [-0.15, -0.1) is 0 Å². The number of primary amides is 2. The van der Waals surface area contributed by atoms with Crippen LogP contribution in [-0.4, -0.2) is 82.4 Å². The summed E-state index contributed by atoms with van der Waals surface area (Å²) in [6.07, 6.45) is -1.14. The van der Waals surface area contributed by atoms with E-state index in [0.29, 0.717) is 5.56 Å². The quantitative estimate of drug-likeness (QED) is 0.0453. The van der Waals surface area contributed by atoms with Crippen molar-refractivity contribution >= 4 is 41.5 Å². The Labute approximate surface area is 235 Å². The van der Waals surface area contributed by atoms with Crippen LogP contribution in [0.2, 0.25) is 0 Å². The second-order valence-electron chi connectivity index (χ2n) is 9.12. The van der Waals surface area contributed by atoms with Crippen molar-refractivity contribution in [1.29, 1.82) is 0 Å². The summed E-state index contributed by atoms with van der Waals surface area (Å²) in [6, 6.07) is 0.362. The standard InChI is InChI=1S/C24H37N9O8/c25-14(10-12-3-5-13(34)6-4-12)20(37)31-15(7-8-18(26)35)21(38)33-17(11-19(27)36)22(39)32-16(23(40)41)2-1-9-30-24(28)29/h3-6,14-17,34H,1-2,7-11,25H2,(H2,26,35)(H2,27,36)(H,31,37)(H,32,39)(H,33,38)(H,40,41)(H4,28,29,30). The summed E-state index contributed by atoms with van der Waals surface area (Å²) in [7, 11) is 0. The molecule has 17 nitrogen and oxygen atoms in total. The first-order chi connectivity index (χ1) is 19.2. The topological polar surface area (TPSA) is 321 Å². The SMILES string of the molecule is NC(=O)CCC(NC(=O)C(N)Cc1ccc(O)cc1)C(=O)NC(CC(N)=O)C(=O)NC(CCCN=C(N)N)C(=O)O. The lowest BCUT2D eigenvalue weighted by Crippen LogP contribution is -2.58. The second-order valence-corrected chi connectivity index (χ2v) is 9.12. The number of rotatable bonds is 18. The Morgan fingerprint density at radius 1 is 0.780 bits per heavy atom. The van der Waals surface area contributed by atoms with Crippen LogP contribution in [0, 0.1) is 0 Å². The summed E-state index contributed by atoms with van der Waals surface area (Å²) in [6.45, 7) is 0.0968. The van der Waals surface area contributed by atoms with Crippen molar-refractivity contribution in [3.8, 4) is 5.75 Å². The van der Waals surface area contributed by atoms with Gasteiger partial charge in [0.25, 0.3) is 0 Å². The Balaban J connectivity index is 2.99. The van der Waals surface area contributed by atoms with Gasteiger partial charge in [-0.2, -0.15) is 0 Å². The summed E-state index contributed by atoms with van der Waals surface area (Å²) in [5, 5.41) is 25.7. The number of hydrogen-bond donors (Lipinski definition) is 10. The third kappa shape index (κ3) is 13.6. The Hall–Kier alpha value is -4.93. The number of phenols is 1. The number of aliphatic carboxylic acids is 1. The lowest BCUT2D eigenvalue weighted by atomic mass is 10.0. The summed E-state index contributed by atoms with van der Waals surface area (Å²) in [5.41, 5.74) is 27.4. The van der Waals surface area contributed by atoms with Crippen LogP contribution in [0.3, 0.4) is 0 Å². The fraction of sp³-hybridized carbons (Fsp3) is 0.458. The predicted molar refractivity (Wildman–Crippen MR) is 145 cm³/mol. The Kier molecular flexibility index (Phi) is 14.1. The molecule has 0 fully saturated rings. The van der Waals surface area contributed by atoms with Crippen LogP contribution in [0.1, 0.15) is 37.7 Å². The highest BCUT2D eigenvalue weighted by molar-refractivity contribution is 5.96. The molecule has 5 amide bonds. The van der Waals surface area contributed by atoms with Crippen molar-refractivity contribution in [2.75, 3.05) is 6.54 Å². The van der Waals surface area contributed by atoms with Crippen molar-refractivity contribution < 1.29 is 39.0 Å². The molecule has 1 rings (SSSR count). The van der Waals surface area contributed by atoms with Gasteiger partial charge in [0.1, 0.15) is 23.9 Å². The third-order valence-corrected chi connectivity index (χ3v) is 5.64. The number of benzene rings is 1. The van der Waals surface area contributed by atoms with Crippen LogP contribution in [0.25, 0.3) is 0 Å². The fourth-order valence-corrected chi connectivity index (χ4v) is 3.53. The van der Waals surface area contributed by atoms with E-state index in [1.165, 1.54) is 12.1 Å². The van der Waals surface area contributed by atoms with Crippen molar-refractivity contribution in [2.45, 2.75) is 62.7 Å². The first-order valence-electron chi connectivity index (χ1n) is 12.5. The van der Waals surface area contributed by atoms with Gasteiger partial charge in [0.05, 0.1) is 12.5 Å². The van der Waals surface area contributed by atoms with Crippen LogP contribution in [0.4, 0.5) is 0 Å². The maximum absolute atomic E-state index is 13.1. The van der Waals surface area contributed by atoms with Gasteiger partial charge in [-0.1, -0.05) is 12.1 Å². The first-order valence-corrected chi connectivity index (χ1v) is 12.5. The number of nitrogens with one attached hydrogen (secondary N) is 3. The van der Waals surface area contributed by atoms with E-state index in [1.54, 1.807) is 12.1 Å². The van der Waals surface area contributed by atoms with Gasteiger partial charge in [-0.25, -0.2) is 4.79 Å². The van der Waals surface area contributed by atoms with Crippen molar-refractivity contribution in [3.05, 3.63) is 29.8 Å².